The lowest BCUT2D eigenvalue weighted by Gasteiger charge is -2.09. The molecule has 0 aliphatic heterocycles. The van der Waals surface area contributed by atoms with E-state index in [9.17, 15) is 0 Å². The summed E-state index contributed by atoms with van der Waals surface area (Å²) >= 11 is 3.37. The summed E-state index contributed by atoms with van der Waals surface area (Å²) in [4.78, 5) is 0. The molecule has 0 spiro atoms. The summed E-state index contributed by atoms with van der Waals surface area (Å²) in [5.74, 6) is 0.0301. The molecule has 2 nitrogen and oxygen atoms in total. The van der Waals surface area contributed by atoms with Crippen LogP contribution in [0, 0.1) is 22.7 Å². The van der Waals surface area contributed by atoms with Crippen LogP contribution in [0.5, 0.6) is 0 Å². The van der Waals surface area contributed by atoms with E-state index in [1.54, 1.807) is 0 Å². The predicted octanol–water partition coefficient (Wildman–Crippen LogP) is 3.36. The van der Waals surface area contributed by atoms with Gasteiger partial charge in [0.15, 0.2) is 0 Å². The topological polar surface area (TPSA) is 47.6 Å². The lowest BCUT2D eigenvalue weighted by atomic mass is 9.94. The molecule has 14 heavy (non-hydrogen) atoms. The average Bonchev–Trinajstić information content (AvgIpc) is 2.17. The van der Waals surface area contributed by atoms with E-state index in [2.05, 4.69) is 28.1 Å². The number of benzene rings is 1. The van der Waals surface area contributed by atoms with Crippen LogP contribution in [0.2, 0.25) is 0 Å². The number of nitriles is 2. The third-order valence-electron chi connectivity index (χ3n) is 2.00. The van der Waals surface area contributed by atoms with Crippen molar-refractivity contribution >= 4 is 15.9 Å². The number of nitrogens with zero attached hydrogens (tertiary/aromatic N) is 2. The smallest absolute Gasteiger partial charge is 0.0628 e. The largest absolute Gasteiger partial charge is 0.198 e. The van der Waals surface area contributed by atoms with Gasteiger partial charge in [-0.15, -0.1) is 0 Å². The van der Waals surface area contributed by atoms with Gasteiger partial charge in [-0.05, 0) is 17.7 Å². The third-order valence-corrected chi connectivity index (χ3v) is 2.49. The molecule has 0 aliphatic carbocycles. The van der Waals surface area contributed by atoms with Gasteiger partial charge in [-0.2, -0.15) is 10.5 Å². The molecule has 0 aromatic heterocycles. The van der Waals surface area contributed by atoms with Gasteiger partial charge in [0.25, 0.3) is 0 Å². The zero-order chi connectivity index (χ0) is 10.4. The minimum atomic E-state index is 0.0301. The van der Waals surface area contributed by atoms with E-state index in [0.717, 1.165) is 10.0 Å². The summed E-state index contributed by atoms with van der Waals surface area (Å²) in [5.41, 5.74) is 1.04. The third kappa shape index (κ3) is 2.87. The first kappa shape index (κ1) is 10.8. The van der Waals surface area contributed by atoms with Gasteiger partial charge in [0.1, 0.15) is 0 Å². The first-order valence-electron chi connectivity index (χ1n) is 4.27. The van der Waals surface area contributed by atoms with E-state index in [1.807, 2.05) is 24.3 Å². The Kier molecular flexibility index (Phi) is 4.16. The molecule has 0 unspecified atom stereocenters. The molecular formula is C11H9BrN2. The fraction of sp³-hybridized carbons (Fsp3) is 0.273. The van der Waals surface area contributed by atoms with Crippen LogP contribution in [0.4, 0.5) is 0 Å². The van der Waals surface area contributed by atoms with Crippen molar-refractivity contribution in [3.63, 3.8) is 0 Å². The fourth-order valence-corrected chi connectivity index (χ4v) is 1.71. The van der Waals surface area contributed by atoms with Gasteiger partial charge in [0, 0.05) is 23.2 Å². The van der Waals surface area contributed by atoms with Gasteiger partial charge >= 0.3 is 0 Å². The zero-order valence-electron chi connectivity index (χ0n) is 7.57. The quantitative estimate of drug-likeness (QED) is 0.824. The van der Waals surface area contributed by atoms with Crippen LogP contribution in [-0.2, 0) is 0 Å². The van der Waals surface area contributed by atoms with Crippen LogP contribution in [0.25, 0.3) is 0 Å². The summed E-state index contributed by atoms with van der Waals surface area (Å²) in [7, 11) is 0. The van der Waals surface area contributed by atoms with E-state index in [4.69, 9.17) is 10.5 Å². The molecule has 3 heteroatoms. The molecule has 0 atom stereocenters. The van der Waals surface area contributed by atoms with Crippen molar-refractivity contribution in [1.29, 1.82) is 10.5 Å². The van der Waals surface area contributed by atoms with Gasteiger partial charge in [-0.3, -0.25) is 0 Å². The minimum absolute atomic E-state index is 0.0301. The van der Waals surface area contributed by atoms with E-state index >= 15 is 0 Å². The SMILES string of the molecule is N#CCC(CC#N)c1cccc(Br)c1. The number of halogens is 1. The van der Waals surface area contributed by atoms with Crippen molar-refractivity contribution < 1.29 is 0 Å². The first-order chi connectivity index (χ1) is 6.77. The number of rotatable bonds is 3. The van der Waals surface area contributed by atoms with Crippen LogP contribution in [-0.4, -0.2) is 0 Å². The molecule has 0 saturated heterocycles. The van der Waals surface area contributed by atoms with Gasteiger partial charge in [-0.1, -0.05) is 28.1 Å². The molecule has 1 aromatic rings. The molecular weight excluding hydrogens is 240 g/mol. The second-order valence-electron chi connectivity index (χ2n) is 2.98. The summed E-state index contributed by atoms with van der Waals surface area (Å²) in [6.07, 6.45) is 0.786. The lowest BCUT2D eigenvalue weighted by Crippen LogP contribution is -1.96. The van der Waals surface area contributed by atoms with Gasteiger partial charge in [-0.25, -0.2) is 0 Å². The maximum Gasteiger partial charge on any atom is 0.0628 e. The molecule has 0 N–H and O–H groups in total. The summed E-state index contributed by atoms with van der Waals surface area (Å²) in [5, 5.41) is 17.2. The van der Waals surface area contributed by atoms with Crippen LogP contribution in [0.1, 0.15) is 24.3 Å². The first-order valence-corrected chi connectivity index (χ1v) is 5.06. The maximum absolute atomic E-state index is 8.62. The van der Waals surface area contributed by atoms with Crippen molar-refractivity contribution in [2.75, 3.05) is 0 Å². The summed E-state index contributed by atoms with van der Waals surface area (Å²) < 4.78 is 0.982. The molecule has 0 fully saturated rings. The Morgan fingerprint density at radius 1 is 1.21 bits per heavy atom. The van der Waals surface area contributed by atoms with Gasteiger partial charge in [0.2, 0.25) is 0 Å². The highest BCUT2D eigenvalue weighted by molar-refractivity contribution is 9.10. The Bertz CT molecular complexity index is 371. The average molecular weight is 249 g/mol. The second kappa shape index (κ2) is 5.42. The summed E-state index contributed by atoms with van der Waals surface area (Å²) in [6.45, 7) is 0. The highest BCUT2D eigenvalue weighted by Crippen LogP contribution is 2.25. The predicted molar refractivity (Wildman–Crippen MR) is 57.3 cm³/mol. The Morgan fingerprint density at radius 3 is 2.36 bits per heavy atom. The Morgan fingerprint density at radius 2 is 1.86 bits per heavy atom. The van der Waals surface area contributed by atoms with Crippen molar-refractivity contribution in [2.45, 2.75) is 18.8 Å². The van der Waals surface area contributed by atoms with Crippen LogP contribution in [0.15, 0.2) is 28.7 Å². The molecule has 1 aromatic carbocycles. The van der Waals surface area contributed by atoms with Gasteiger partial charge in [0.05, 0.1) is 12.1 Å². The Balaban J connectivity index is 2.89. The highest BCUT2D eigenvalue weighted by atomic mass is 79.9. The Labute approximate surface area is 91.9 Å². The van der Waals surface area contributed by atoms with Crippen LogP contribution >= 0.6 is 15.9 Å². The van der Waals surface area contributed by atoms with Crippen LogP contribution < -0.4 is 0 Å². The van der Waals surface area contributed by atoms with E-state index in [0.29, 0.717) is 12.8 Å². The molecule has 0 amide bonds. The van der Waals surface area contributed by atoms with Crippen LogP contribution in [0.3, 0.4) is 0 Å². The maximum atomic E-state index is 8.62. The monoisotopic (exact) mass is 248 g/mol. The molecule has 0 radical (unpaired) electrons. The second-order valence-corrected chi connectivity index (χ2v) is 3.89. The zero-order valence-corrected chi connectivity index (χ0v) is 9.16. The number of hydrogen-bond acceptors (Lipinski definition) is 2. The van der Waals surface area contributed by atoms with Crippen molar-refractivity contribution in [3.05, 3.63) is 34.3 Å². The van der Waals surface area contributed by atoms with E-state index in [-0.39, 0.29) is 5.92 Å². The molecule has 0 saturated carbocycles. The summed E-state index contributed by atoms with van der Waals surface area (Å²) in [6, 6.07) is 12.0. The molecule has 70 valence electrons. The molecule has 0 bridgehead atoms. The van der Waals surface area contributed by atoms with Crippen molar-refractivity contribution in [1.82, 2.24) is 0 Å². The van der Waals surface area contributed by atoms with Gasteiger partial charge < -0.3 is 0 Å². The standard InChI is InChI=1S/C11H9BrN2/c12-11-3-1-2-10(8-11)9(4-6-13)5-7-14/h1-3,8-9H,4-5H2. The van der Waals surface area contributed by atoms with E-state index in [1.165, 1.54) is 0 Å². The minimum Gasteiger partial charge on any atom is -0.198 e. The molecule has 1 rings (SSSR count). The lowest BCUT2D eigenvalue weighted by molar-refractivity contribution is 0.726. The van der Waals surface area contributed by atoms with Crippen molar-refractivity contribution in [3.8, 4) is 12.1 Å². The molecule has 0 heterocycles. The van der Waals surface area contributed by atoms with E-state index < -0.39 is 0 Å². The Hall–Kier alpha value is -1.32. The highest BCUT2D eigenvalue weighted by Gasteiger charge is 2.10. The fourth-order valence-electron chi connectivity index (χ4n) is 1.29. The molecule has 0 aliphatic rings. The normalized spacial score (nSPS) is 9.43. The number of hydrogen-bond donors (Lipinski definition) is 0. The van der Waals surface area contributed by atoms with Crippen molar-refractivity contribution in [2.24, 2.45) is 0 Å².